The number of aromatic nitrogens is 2. The molecule has 0 aliphatic carbocycles. The summed E-state index contributed by atoms with van der Waals surface area (Å²) >= 11 is 0. The average molecular weight is 277 g/mol. The Morgan fingerprint density at radius 3 is 2.58 bits per heavy atom. The number of alkyl halides is 3. The summed E-state index contributed by atoms with van der Waals surface area (Å²) in [7, 11) is 1.46. The van der Waals surface area contributed by atoms with Gasteiger partial charge in [0.05, 0.1) is 6.61 Å². The van der Waals surface area contributed by atoms with Gasteiger partial charge in [0.1, 0.15) is 0 Å². The molecule has 0 saturated heterocycles. The van der Waals surface area contributed by atoms with E-state index in [1.165, 1.54) is 7.05 Å². The number of rotatable bonds is 6. The lowest BCUT2D eigenvalue weighted by atomic mass is 10.1. The van der Waals surface area contributed by atoms with Gasteiger partial charge in [-0.1, -0.05) is 20.3 Å². The van der Waals surface area contributed by atoms with E-state index < -0.39 is 11.9 Å². The van der Waals surface area contributed by atoms with Crippen LogP contribution in [0, 0.1) is 5.92 Å². The highest BCUT2D eigenvalue weighted by Gasteiger charge is 2.34. The molecule has 19 heavy (non-hydrogen) atoms. The fourth-order valence-electron chi connectivity index (χ4n) is 1.56. The van der Waals surface area contributed by atoms with Crippen LogP contribution < -0.4 is 10.1 Å². The summed E-state index contributed by atoms with van der Waals surface area (Å²) in [6.07, 6.45) is -2.55. The van der Waals surface area contributed by atoms with Crippen molar-refractivity contribution >= 4 is 5.95 Å². The fourth-order valence-corrected chi connectivity index (χ4v) is 1.56. The molecule has 0 amide bonds. The molecule has 1 N–H and O–H groups in total. The van der Waals surface area contributed by atoms with Crippen LogP contribution in [-0.4, -0.2) is 23.6 Å². The number of nitrogens with one attached hydrogen (secondary N) is 1. The lowest BCUT2D eigenvalue weighted by molar-refractivity contribution is -0.141. The van der Waals surface area contributed by atoms with Crippen LogP contribution in [0.5, 0.6) is 5.88 Å². The zero-order valence-corrected chi connectivity index (χ0v) is 11.2. The standard InChI is InChI=1S/C12H18F3N3O/c1-4-5-8(2)7-19-10-6-9(12(13,14)15)17-11(16-3)18-10/h6,8H,4-5,7H2,1-3H3,(H,16,17,18). The Bertz CT molecular complexity index is 410. The molecular formula is C12H18F3N3O. The van der Waals surface area contributed by atoms with Gasteiger partial charge in [-0.15, -0.1) is 0 Å². The number of ether oxygens (including phenoxy) is 1. The molecule has 0 aliphatic heterocycles. The predicted octanol–water partition coefficient (Wildman–Crippen LogP) is 3.35. The zero-order valence-electron chi connectivity index (χ0n) is 11.2. The second-order valence-electron chi connectivity index (χ2n) is 4.37. The number of halogens is 3. The molecule has 1 aromatic rings. The smallest absolute Gasteiger partial charge is 0.433 e. The van der Waals surface area contributed by atoms with Crippen molar-refractivity contribution < 1.29 is 17.9 Å². The fraction of sp³-hybridized carbons (Fsp3) is 0.667. The van der Waals surface area contributed by atoms with Gasteiger partial charge in [-0.05, 0) is 12.3 Å². The Hall–Kier alpha value is -1.53. The van der Waals surface area contributed by atoms with Crippen molar-refractivity contribution in [1.82, 2.24) is 9.97 Å². The van der Waals surface area contributed by atoms with E-state index in [9.17, 15) is 13.2 Å². The number of hydrogen-bond donors (Lipinski definition) is 1. The van der Waals surface area contributed by atoms with Crippen LogP contribution in [0.15, 0.2) is 6.07 Å². The van der Waals surface area contributed by atoms with Gasteiger partial charge in [0.15, 0.2) is 5.69 Å². The van der Waals surface area contributed by atoms with E-state index in [0.29, 0.717) is 6.61 Å². The second-order valence-corrected chi connectivity index (χ2v) is 4.37. The maximum absolute atomic E-state index is 12.6. The van der Waals surface area contributed by atoms with E-state index in [4.69, 9.17) is 4.74 Å². The molecule has 0 aromatic carbocycles. The van der Waals surface area contributed by atoms with Crippen LogP contribution in [-0.2, 0) is 6.18 Å². The molecule has 7 heteroatoms. The first kappa shape index (κ1) is 15.5. The summed E-state index contributed by atoms with van der Waals surface area (Å²) in [5.74, 6) is 0.106. The molecule has 0 bridgehead atoms. The van der Waals surface area contributed by atoms with Gasteiger partial charge in [0.2, 0.25) is 11.8 Å². The Balaban J connectivity index is 2.83. The lowest BCUT2D eigenvalue weighted by Crippen LogP contribution is -2.14. The SMILES string of the molecule is CCCC(C)COc1cc(C(F)(F)F)nc(NC)n1. The molecule has 4 nitrogen and oxygen atoms in total. The van der Waals surface area contributed by atoms with Crippen molar-refractivity contribution in [3.63, 3.8) is 0 Å². The summed E-state index contributed by atoms with van der Waals surface area (Å²) in [4.78, 5) is 7.21. The van der Waals surface area contributed by atoms with Crippen molar-refractivity contribution in [3.8, 4) is 5.88 Å². The molecule has 0 spiro atoms. The van der Waals surface area contributed by atoms with E-state index in [-0.39, 0.29) is 17.7 Å². The quantitative estimate of drug-likeness (QED) is 0.866. The highest BCUT2D eigenvalue weighted by molar-refractivity contribution is 5.31. The monoisotopic (exact) mass is 277 g/mol. The maximum Gasteiger partial charge on any atom is 0.433 e. The molecular weight excluding hydrogens is 259 g/mol. The molecule has 1 unspecified atom stereocenters. The number of hydrogen-bond acceptors (Lipinski definition) is 4. The first-order valence-electron chi connectivity index (χ1n) is 6.13. The third-order valence-electron chi connectivity index (χ3n) is 2.51. The Labute approximate surface area is 110 Å². The Morgan fingerprint density at radius 2 is 2.05 bits per heavy atom. The molecule has 0 aliphatic rings. The minimum Gasteiger partial charge on any atom is -0.477 e. The van der Waals surface area contributed by atoms with Gasteiger partial charge < -0.3 is 10.1 Å². The summed E-state index contributed by atoms with van der Waals surface area (Å²) in [5, 5.41) is 2.49. The van der Waals surface area contributed by atoms with Gasteiger partial charge in [-0.25, -0.2) is 4.98 Å². The summed E-state index contributed by atoms with van der Waals surface area (Å²) in [5.41, 5.74) is -1.01. The van der Waals surface area contributed by atoms with Crippen LogP contribution in [0.4, 0.5) is 19.1 Å². The van der Waals surface area contributed by atoms with Crippen molar-refractivity contribution in [2.75, 3.05) is 19.0 Å². The van der Waals surface area contributed by atoms with E-state index in [1.54, 1.807) is 0 Å². The lowest BCUT2D eigenvalue weighted by Gasteiger charge is -2.13. The molecule has 108 valence electrons. The van der Waals surface area contributed by atoms with E-state index in [1.807, 2.05) is 13.8 Å². The van der Waals surface area contributed by atoms with Crippen LogP contribution in [0.25, 0.3) is 0 Å². The van der Waals surface area contributed by atoms with Crippen molar-refractivity contribution in [2.24, 2.45) is 5.92 Å². The normalized spacial score (nSPS) is 13.2. The molecule has 1 heterocycles. The summed E-state index contributed by atoms with van der Waals surface area (Å²) < 4.78 is 43.2. The average Bonchev–Trinajstić information content (AvgIpc) is 2.35. The van der Waals surface area contributed by atoms with Crippen molar-refractivity contribution in [3.05, 3.63) is 11.8 Å². The van der Waals surface area contributed by atoms with Gasteiger partial charge >= 0.3 is 6.18 Å². The molecule has 0 fully saturated rings. The van der Waals surface area contributed by atoms with Gasteiger partial charge in [0, 0.05) is 13.1 Å². The predicted molar refractivity (Wildman–Crippen MR) is 66.1 cm³/mol. The molecule has 1 atom stereocenters. The van der Waals surface area contributed by atoms with Crippen molar-refractivity contribution in [1.29, 1.82) is 0 Å². The summed E-state index contributed by atoms with van der Waals surface area (Å²) in [6.45, 7) is 4.36. The van der Waals surface area contributed by atoms with E-state index in [0.717, 1.165) is 18.9 Å². The minimum atomic E-state index is -4.51. The largest absolute Gasteiger partial charge is 0.477 e. The topological polar surface area (TPSA) is 47.0 Å². The third-order valence-corrected chi connectivity index (χ3v) is 2.51. The van der Waals surface area contributed by atoms with Crippen LogP contribution >= 0.6 is 0 Å². The van der Waals surface area contributed by atoms with Crippen LogP contribution in [0.2, 0.25) is 0 Å². The maximum atomic E-state index is 12.6. The first-order chi connectivity index (χ1) is 8.86. The Morgan fingerprint density at radius 1 is 1.37 bits per heavy atom. The van der Waals surface area contributed by atoms with Gasteiger partial charge in [0.25, 0.3) is 0 Å². The highest BCUT2D eigenvalue weighted by Crippen LogP contribution is 2.30. The third kappa shape index (κ3) is 4.92. The highest BCUT2D eigenvalue weighted by atomic mass is 19.4. The summed E-state index contributed by atoms with van der Waals surface area (Å²) in [6, 6.07) is 0.819. The Kier molecular flexibility index (Phi) is 5.38. The number of nitrogens with zero attached hydrogens (tertiary/aromatic N) is 2. The van der Waals surface area contributed by atoms with Crippen molar-refractivity contribution in [2.45, 2.75) is 32.9 Å². The van der Waals surface area contributed by atoms with Crippen LogP contribution in [0.3, 0.4) is 0 Å². The van der Waals surface area contributed by atoms with Gasteiger partial charge in [-0.2, -0.15) is 18.2 Å². The van der Waals surface area contributed by atoms with Crippen LogP contribution in [0.1, 0.15) is 32.4 Å². The zero-order chi connectivity index (χ0) is 14.5. The number of anilines is 1. The van der Waals surface area contributed by atoms with E-state index in [2.05, 4.69) is 15.3 Å². The van der Waals surface area contributed by atoms with Gasteiger partial charge in [-0.3, -0.25) is 0 Å². The minimum absolute atomic E-state index is 0.0605. The molecule has 1 aromatic heterocycles. The van der Waals surface area contributed by atoms with E-state index >= 15 is 0 Å². The molecule has 1 rings (SSSR count). The first-order valence-corrected chi connectivity index (χ1v) is 6.13. The molecule has 0 saturated carbocycles. The molecule has 0 radical (unpaired) electrons. The second kappa shape index (κ2) is 6.58.